The number of aliphatic carboxylic acids is 1. The molecule has 2 atom stereocenters. The van der Waals surface area contributed by atoms with E-state index in [2.05, 4.69) is 11.8 Å². The van der Waals surface area contributed by atoms with Crippen LogP contribution in [0.4, 0.5) is 0 Å². The van der Waals surface area contributed by atoms with Gasteiger partial charge in [0.2, 0.25) is 0 Å². The number of carboxylic acids is 1. The molecule has 0 radical (unpaired) electrons. The van der Waals surface area contributed by atoms with E-state index in [4.69, 9.17) is 9.52 Å². The number of nitrogens with zero attached hydrogens (tertiary/aromatic N) is 1. The molecule has 1 fully saturated rings. The Labute approximate surface area is 114 Å². The summed E-state index contributed by atoms with van der Waals surface area (Å²) in [6.45, 7) is 6.18. The van der Waals surface area contributed by atoms with Gasteiger partial charge in [-0.2, -0.15) is 0 Å². The van der Waals surface area contributed by atoms with Crippen LogP contribution in [0.25, 0.3) is 0 Å². The molecule has 2 unspecified atom stereocenters. The molecule has 0 saturated carbocycles. The smallest absolute Gasteiger partial charge is 0.303 e. The molecule has 1 aliphatic heterocycles. The number of hydrogen-bond acceptors (Lipinski definition) is 3. The summed E-state index contributed by atoms with van der Waals surface area (Å²) in [5.74, 6) is 1.77. The molecule has 0 amide bonds. The van der Waals surface area contributed by atoms with Crippen LogP contribution in [-0.2, 0) is 4.79 Å². The Morgan fingerprint density at radius 2 is 2.37 bits per heavy atom. The van der Waals surface area contributed by atoms with Crippen molar-refractivity contribution in [2.45, 2.75) is 45.6 Å². The third kappa shape index (κ3) is 3.83. The van der Waals surface area contributed by atoms with E-state index in [0.29, 0.717) is 5.92 Å². The first-order chi connectivity index (χ1) is 9.06. The summed E-state index contributed by atoms with van der Waals surface area (Å²) in [5, 5.41) is 8.77. The minimum atomic E-state index is -0.688. The summed E-state index contributed by atoms with van der Waals surface area (Å²) in [5.41, 5.74) is 0. The van der Waals surface area contributed by atoms with Crippen molar-refractivity contribution >= 4 is 5.97 Å². The van der Waals surface area contributed by atoms with Gasteiger partial charge >= 0.3 is 5.97 Å². The van der Waals surface area contributed by atoms with E-state index in [1.165, 1.54) is 0 Å². The second-order valence-electron chi connectivity index (χ2n) is 5.56. The van der Waals surface area contributed by atoms with Crippen molar-refractivity contribution in [3.63, 3.8) is 0 Å². The number of carboxylic acid groups (broad SMARTS) is 1. The molecule has 0 spiro atoms. The van der Waals surface area contributed by atoms with Crippen LogP contribution >= 0.6 is 0 Å². The molecule has 0 aromatic carbocycles. The standard InChI is InChI=1S/C15H23NO3/c1-11-5-7-14(19-11)12(2)16-9-3-4-13(10-16)6-8-15(17)18/h5,7,12-13H,3-4,6,8-10H2,1-2H3,(H,17,18). The van der Waals surface area contributed by atoms with E-state index >= 15 is 0 Å². The molecular formula is C15H23NO3. The molecule has 19 heavy (non-hydrogen) atoms. The minimum Gasteiger partial charge on any atom is -0.481 e. The first kappa shape index (κ1) is 14.1. The van der Waals surface area contributed by atoms with Crippen molar-refractivity contribution in [3.05, 3.63) is 23.7 Å². The van der Waals surface area contributed by atoms with Crippen molar-refractivity contribution in [1.82, 2.24) is 4.90 Å². The molecular weight excluding hydrogens is 242 g/mol. The maximum Gasteiger partial charge on any atom is 0.303 e. The molecule has 2 rings (SSSR count). The van der Waals surface area contributed by atoms with E-state index in [1.807, 2.05) is 19.1 Å². The summed E-state index contributed by atoms with van der Waals surface area (Å²) in [7, 11) is 0. The first-order valence-corrected chi connectivity index (χ1v) is 7.08. The van der Waals surface area contributed by atoms with Crippen LogP contribution in [0.1, 0.15) is 50.2 Å². The molecule has 1 N–H and O–H groups in total. The third-order valence-electron chi connectivity index (χ3n) is 4.04. The number of piperidine rings is 1. The van der Waals surface area contributed by atoms with E-state index in [1.54, 1.807) is 0 Å². The Kier molecular flexibility index (Phi) is 4.64. The minimum absolute atomic E-state index is 0.279. The van der Waals surface area contributed by atoms with Gasteiger partial charge in [-0.05, 0) is 57.7 Å². The van der Waals surface area contributed by atoms with Crippen LogP contribution in [0.2, 0.25) is 0 Å². The Balaban J connectivity index is 1.91. The lowest BCUT2D eigenvalue weighted by Gasteiger charge is -2.36. The monoisotopic (exact) mass is 265 g/mol. The lowest BCUT2D eigenvalue weighted by Crippen LogP contribution is -2.37. The molecule has 1 saturated heterocycles. The van der Waals surface area contributed by atoms with Gasteiger partial charge in [-0.25, -0.2) is 0 Å². The summed E-state index contributed by atoms with van der Waals surface area (Å²) in [4.78, 5) is 13.1. The van der Waals surface area contributed by atoms with Crippen LogP contribution in [0.15, 0.2) is 16.5 Å². The molecule has 1 aliphatic rings. The van der Waals surface area contributed by atoms with Gasteiger partial charge in [0.15, 0.2) is 0 Å². The molecule has 2 heterocycles. The van der Waals surface area contributed by atoms with Crippen LogP contribution in [0, 0.1) is 12.8 Å². The zero-order chi connectivity index (χ0) is 13.8. The van der Waals surface area contributed by atoms with E-state index < -0.39 is 5.97 Å². The van der Waals surface area contributed by atoms with Gasteiger partial charge in [0, 0.05) is 13.0 Å². The normalized spacial score (nSPS) is 22.3. The molecule has 1 aromatic heterocycles. The number of likely N-dealkylation sites (tertiary alicyclic amines) is 1. The second kappa shape index (κ2) is 6.24. The Morgan fingerprint density at radius 3 is 3.00 bits per heavy atom. The summed E-state index contributed by atoms with van der Waals surface area (Å²) in [6, 6.07) is 4.32. The highest BCUT2D eigenvalue weighted by Crippen LogP contribution is 2.29. The Hall–Kier alpha value is -1.29. The SMILES string of the molecule is Cc1ccc(C(C)N2CCCC(CCC(=O)O)C2)o1. The van der Waals surface area contributed by atoms with Crippen molar-refractivity contribution in [2.24, 2.45) is 5.92 Å². The van der Waals surface area contributed by atoms with Crippen LogP contribution in [0.5, 0.6) is 0 Å². The van der Waals surface area contributed by atoms with E-state index in [9.17, 15) is 4.79 Å². The van der Waals surface area contributed by atoms with Gasteiger partial charge in [-0.1, -0.05) is 0 Å². The molecule has 0 aliphatic carbocycles. The number of furan rings is 1. The predicted molar refractivity (Wildman–Crippen MR) is 73.0 cm³/mol. The van der Waals surface area contributed by atoms with Crippen molar-refractivity contribution in [2.75, 3.05) is 13.1 Å². The maximum atomic E-state index is 10.7. The molecule has 4 heteroatoms. The lowest BCUT2D eigenvalue weighted by atomic mass is 9.92. The van der Waals surface area contributed by atoms with Crippen LogP contribution in [-0.4, -0.2) is 29.1 Å². The molecule has 1 aromatic rings. The zero-order valence-electron chi connectivity index (χ0n) is 11.8. The summed E-state index contributed by atoms with van der Waals surface area (Å²) in [6.07, 6.45) is 3.37. The summed E-state index contributed by atoms with van der Waals surface area (Å²) >= 11 is 0. The van der Waals surface area contributed by atoms with Gasteiger partial charge < -0.3 is 9.52 Å². The van der Waals surface area contributed by atoms with Crippen LogP contribution < -0.4 is 0 Å². The number of carbonyl (C=O) groups is 1. The fourth-order valence-corrected chi connectivity index (χ4v) is 2.87. The maximum absolute atomic E-state index is 10.7. The molecule has 0 bridgehead atoms. The highest BCUT2D eigenvalue weighted by Gasteiger charge is 2.26. The van der Waals surface area contributed by atoms with Crippen molar-refractivity contribution < 1.29 is 14.3 Å². The Morgan fingerprint density at radius 1 is 1.58 bits per heavy atom. The highest BCUT2D eigenvalue weighted by molar-refractivity contribution is 5.66. The fraction of sp³-hybridized carbons (Fsp3) is 0.667. The van der Waals surface area contributed by atoms with Gasteiger partial charge in [0.1, 0.15) is 11.5 Å². The number of rotatable bonds is 5. The first-order valence-electron chi connectivity index (χ1n) is 7.08. The van der Waals surface area contributed by atoms with Gasteiger partial charge in [0.05, 0.1) is 6.04 Å². The zero-order valence-corrected chi connectivity index (χ0v) is 11.8. The average Bonchev–Trinajstić information content (AvgIpc) is 2.82. The second-order valence-corrected chi connectivity index (χ2v) is 5.56. The predicted octanol–water partition coefficient (Wildman–Crippen LogP) is 3.23. The quantitative estimate of drug-likeness (QED) is 0.888. The van der Waals surface area contributed by atoms with Crippen molar-refractivity contribution in [3.8, 4) is 0 Å². The van der Waals surface area contributed by atoms with Gasteiger partial charge in [-0.3, -0.25) is 9.69 Å². The average molecular weight is 265 g/mol. The lowest BCUT2D eigenvalue weighted by molar-refractivity contribution is -0.137. The highest BCUT2D eigenvalue weighted by atomic mass is 16.4. The fourth-order valence-electron chi connectivity index (χ4n) is 2.87. The van der Waals surface area contributed by atoms with E-state index in [-0.39, 0.29) is 12.5 Å². The topological polar surface area (TPSA) is 53.7 Å². The summed E-state index contributed by atoms with van der Waals surface area (Å²) < 4.78 is 5.70. The number of aryl methyl sites for hydroxylation is 1. The van der Waals surface area contributed by atoms with Gasteiger partial charge in [-0.15, -0.1) is 0 Å². The van der Waals surface area contributed by atoms with Gasteiger partial charge in [0.25, 0.3) is 0 Å². The molecule has 106 valence electrons. The largest absolute Gasteiger partial charge is 0.481 e. The van der Waals surface area contributed by atoms with Crippen molar-refractivity contribution in [1.29, 1.82) is 0 Å². The molecule has 4 nitrogen and oxygen atoms in total. The van der Waals surface area contributed by atoms with Crippen LogP contribution in [0.3, 0.4) is 0 Å². The third-order valence-corrected chi connectivity index (χ3v) is 4.04. The Bertz CT molecular complexity index is 427. The number of hydrogen-bond donors (Lipinski definition) is 1. The van der Waals surface area contributed by atoms with E-state index in [0.717, 1.165) is 43.9 Å².